The Kier molecular flexibility index (Phi) is 5.43. The second kappa shape index (κ2) is 9.52. The fraction of sp³-hybridized carbons (Fsp3) is 0.111. The maximum Gasteiger partial charge on any atom is 0.0433 e. The van der Waals surface area contributed by atoms with E-state index in [1.54, 1.807) is 5.57 Å². The quantitative estimate of drug-likeness (QED) is 0.176. The highest BCUT2D eigenvalue weighted by Gasteiger charge is 2.35. The van der Waals surface area contributed by atoms with Crippen molar-refractivity contribution in [1.29, 1.82) is 0 Å². The molecule has 0 atom stereocenters. The van der Waals surface area contributed by atoms with Crippen LogP contribution in [0.25, 0.3) is 86.7 Å². The van der Waals surface area contributed by atoms with Crippen molar-refractivity contribution >= 4 is 64.7 Å². The summed E-state index contributed by atoms with van der Waals surface area (Å²) in [5, 5.41) is 11.3. The molecule has 0 fully saturated rings. The topological polar surface area (TPSA) is 0 Å². The van der Waals surface area contributed by atoms with Gasteiger partial charge in [0.05, 0.1) is 0 Å². The van der Waals surface area contributed by atoms with Crippen molar-refractivity contribution in [3.63, 3.8) is 0 Å². The summed E-state index contributed by atoms with van der Waals surface area (Å²) >= 11 is 1.89. The van der Waals surface area contributed by atoms with Gasteiger partial charge in [0.1, 0.15) is 0 Å². The minimum atomic E-state index is 0.0937. The van der Waals surface area contributed by atoms with Crippen LogP contribution in [-0.2, 0) is 5.41 Å². The average molecular weight is 605 g/mol. The highest BCUT2D eigenvalue weighted by atomic mass is 32.1. The van der Waals surface area contributed by atoms with Crippen molar-refractivity contribution in [2.45, 2.75) is 32.1 Å². The lowest BCUT2D eigenvalue weighted by Gasteiger charge is -2.25. The van der Waals surface area contributed by atoms with Gasteiger partial charge in [0.2, 0.25) is 0 Å². The lowest BCUT2D eigenvalue weighted by molar-refractivity contribution is 0.678. The van der Waals surface area contributed by atoms with Crippen molar-refractivity contribution < 1.29 is 0 Å². The lowest BCUT2D eigenvalue weighted by Crippen LogP contribution is -2.31. The van der Waals surface area contributed by atoms with Gasteiger partial charge in [-0.2, -0.15) is 0 Å². The largest absolute Gasteiger partial charge is 0.135 e. The second-order valence-electron chi connectivity index (χ2n) is 13.6. The zero-order valence-electron chi connectivity index (χ0n) is 26.0. The van der Waals surface area contributed by atoms with E-state index in [9.17, 15) is 0 Å². The van der Waals surface area contributed by atoms with E-state index in [-0.39, 0.29) is 5.41 Å². The van der Waals surface area contributed by atoms with E-state index in [1.165, 1.54) is 97.5 Å². The molecule has 0 unspecified atom stereocenters. The maximum atomic E-state index is 2.49. The first-order valence-corrected chi connectivity index (χ1v) is 17.2. The van der Waals surface area contributed by atoms with Crippen LogP contribution in [0, 0.1) is 0 Å². The summed E-state index contributed by atoms with van der Waals surface area (Å²) in [7, 11) is 0. The van der Waals surface area contributed by atoms with E-state index in [0.717, 1.165) is 6.42 Å². The van der Waals surface area contributed by atoms with Gasteiger partial charge >= 0.3 is 0 Å². The standard InChI is InChI=1S/C45H32S/c1-45(2)39-19-8-16-35-33-23-22-30(26-38(33)36-17-9-20-40(45)43(36)42(35)39)28-11-5-10-27(24-28)29-12-6-13-31(25-29)32-15-7-18-37-34-14-3-4-21-41(34)46-44(32)37/h3-7,9-18,20-26H,8,19H2,1-2H3. The van der Waals surface area contributed by atoms with Gasteiger partial charge in [-0.3, -0.25) is 0 Å². The molecule has 218 valence electrons. The molecule has 10 rings (SSSR count). The highest BCUT2D eigenvalue weighted by Crippen LogP contribution is 2.44. The molecule has 0 N–H and O–H groups in total. The van der Waals surface area contributed by atoms with E-state index >= 15 is 0 Å². The van der Waals surface area contributed by atoms with Gasteiger partial charge in [-0.25, -0.2) is 0 Å². The molecule has 0 spiro atoms. The number of thiophene rings is 1. The smallest absolute Gasteiger partial charge is 0.0433 e. The number of benzene rings is 7. The first kappa shape index (κ1) is 26.3. The molecule has 7 aromatic carbocycles. The fourth-order valence-electron chi connectivity index (χ4n) is 8.54. The van der Waals surface area contributed by atoms with Crippen molar-refractivity contribution in [3.8, 4) is 33.4 Å². The Hall–Kier alpha value is -4.98. The van der Waals surface area contributed by atoms with E-state index in [1.807, 2.05) is 11.3 Å². The van der Waals surface area contributed by atoms with Crippen LogP contribution in [0.5, 0.6) is 0 Å². The van der Waals surface area contributed by atoms with Gasteiger partial charge in [0.25, 0.3) is 0 Å². The Morgan fingerprint density at radius 2 is 1.22 bits per heavy atom. The van der Waals surface area contributed by atoms with Crippen LogP contribution >= 0.6 is 11.3 Å². The van der Waals surface area contributed by atoms with Gasteiger partial charge in [0.15, 0.2) is 0 Å². The predicted molar refractivity (Wildman–Crippen MR) is 200 cm³/mol. The molecule has 0 nitrogen and oxygen atoms in total. The van der Waals surface area contributed by atoms with E-state index in [4.69, 9.17) is 0 Å². The molecular weight excluding hydrogens is 573 g/mol. The van der Waals surface area contributed by atoms with Crippen LogP contribution in [0.3, 0.4) is 0 Å². The predicted octanol–water partition coefficient (Wildman–Crippen LogP) is 11.4. The van der Waals surface area contributed by atoms with E-state index in [0.29, 0.717) is 0 Å². The molecule has 0 radical (unpaired) electrons. The molecule has 46 heavy (non-hydrogen) atoms. The summed E-state index contributed by atoms with van der Waals surface area (Å²) in [6.07, 6.45) is 4.78. The highest BCUT2D eigenvalue weighted by molar-refractivity contribution is 7.26. The van der Waals surface area contributed by atoms with Crippen molar-refractivity contribution in [2.75, 3.05) is 0 Å². The number of rotatable bonds is 3. The minimum absolute atomic E-state index is 0.0937. The Labute approximate surface area is 272 Å². The van der Waals surface area contributed by atoms with Gasteiger partial charge in [0, 0.05) is 25.6 Å². The monoisotopic (exact) mass is 604 g/mol. The normalized spacial score (nSPS) is 14.9. The molecule has 2 aliphatic rings. The zero-order valence-corrected chi connectivity index (χ0v) is 26.8. The first-order valence-electron chi connectivity index (χ1n) is 16.4. The Balaban J connectivity index is 1.11. The van der Waals surface area contributed by atoms with Crippen LogP contribution in [0.15, 0.2) is 127 Å². The van der Waals surface area contributed by atoms with Crippen LogP contribution in [0.2, 0.25) is 0 Å². The summed E-state index contributed by atoms with van der Waals surface area (Å²) in [5.41, 5.74) is 10.8. The molecule has 1 heteroatoms. The number of hydrogen-bond acceptors (Lipinski definition) is 1. The summed E-state index contributed by atoms with van der Waals surface area (Å²) in [6, 6.07) is 47.8. The average Bonchev–Trinajstić information content (AvgIpc) is 3.61. The number of hydrogen-bond donors (Lipinski definition) is 0. The number of fused-ring (bicyclic) bond motifs is 6. The lowest BCUT2D eigenvalue weighted by atomic mass is 9.78. The fourth-order valence-corrected chi connectivity index (χ4v) is 9.77. The van der Waals surface area contributed by atoms with Crippen LogP contribution in [-0.4, -0.2) is 0 Å². The van der Waals surface area contributed by atoms with E-state index in [2.05, 4.69) is 147 Å². The first-order chi connectivity index (χ1) is 22.6. The molecule has 0 aliphatic heterocycles. The zero-order chi connectivity index (χ0) is 30.6. The second-order valence-corrected chi connectivity index (χ2v) is 14.6. The summed E-state index contributed by atoms with van der Waals surface area (Å²) in [4.78, 5) is 0. The molecule has 1 heterocycles. The van der Waals surface area contributed by atoms with E-state index < -0.39 is 0 Å². The third-order valence-electron chi connectivity index (χ3n) is 10.8. The molecule has 0 bridgehead atoms. The van der Waals surface area contributed by atoms with Gasteiger partial charge in [-0.15, -0.1) is 11.3 Å². The SMILES string of the molecule is CC1(C)C2=c3c(c4ccc(-c5cccc(-c6cccc(-c7cccc8c7sc7ccccc78)c6)c5)cc4c4cccc1c34)=CCC2. The summed E-state index contributed by atoms with van der Waals surface area (Å²) in [5.74, 6) is 0. The third-order valence-corrected chi connectivity index (χ3v) is 12.0. The third kappa shape index (κ3) is 3.61. The molecular formula is C45H32S. The molecule has 8 aromatic rings. The Morgan fingerprint density at radius 1 is 0.543 bits per heavy atom. The maximum absolute atomic E-state index is 2.49. The van der Waals surface area contributed by atoms with Gasteiger partial charge in [-0.1, -0.05) is 129 Å². The van der Waals surface area contributed by atoms with Crippen LogP contribution in [0.1, 0.15) is 32.3 Å². The Bertz CT molecular complexity index is 2720. The minimum Gasteiger partial charge on any atom is -0.135 e. The van der Waals surface area contributed by atoms with Gasteiger partial charge < -0.3 is 0 Å². The van der Waals surface area contributed by atoms with Crippen molar-refractivity contribution in [3.05, 3.63) is 143 Å². The van der Waals surface area contributed by atoms with Crippen molar-refractivity contribution in [1.82, 2.24) is 0 Å². The Morgan fingerprint density at radius 3 is 2.07 bits per heavy atom. The molecule has 2 aliphatic carbocycles. The molecule has 0 saturated heterocycles. The van der Waals surface area contributed by atoms with Gasteiger partial charge in [-0.05, 0) is 108 Å². The van der Waals surface area contributed by atoms with Crippen LogP contribution < -0.4 is 10.4 Å². The molecule has 1 aromatic heterocycles. The summed E-state index contributed by atoms with van der Waals surface area (Å²) in [6.45, 7) is 4.84. The van der Waals surface area contributed by atoms with Crippen LogP contribution in [0.4, 0.5) is 0 Å². The van der Waals surface area contributed by atoms with Crippen molar-refractivity contribution in [2.24, 2.45) is 0 Å². The molecule has 0 amide bonds. The summed E-state index contributed by atoms with van der Waals surface area (Å²) < 4.78 is 2.70. The molecule has 0 saturated carbocycles.